The Morgan fingerprint density at radius 3 is 2.70 bits per heavy atom. The first kappa shape index (κ1) is 17.0. The van der Waals surface area contributed by atoms with Crippen molar-refractivity contribution in [3.63, 3.8) is 0 Å². The minimum absolute atomic E-state index is 0.213. The highest BCUT2D eigenvalue weighted by Gasteiger charge is 2.22. The van der Waals surface area contributed by atoms with E-state index in [-0.39, 0.29) is 18.2 Å². The number of furan rings is 1. The largest absolute Gasteiger partial charge is 0.459 e. The maximum atomic E-state index is 13.0. The van der Waals surface area contributed by atoms with Crippen molar-refractivity contribution in [1.29, 1.82) is 0 Å². The summed E-state index contributed by atoms with van der Waals surface area (Å²) in [7, 11) is 0. The maximum Gasteiger partial charge on any atom is 0.294 e. The van der Waals surface area contributed by atoms with Gasteiger partial charge in [-0.2, -0.15) is 4.98 Å². The Bertz CT molecular complexity index is 1110. The second-order valence-corrected chi connectivity index (χ2v) is 6.49. The molecule has 0 fully saturated rings. The molecular formula is C20H19N5O2. The molecule has 3 heterocycles. The fourth-order valence-corrected chi connectivity index (χ4v) is 3.03. The second kappa shape index (κ2) is 6.68. The molecular weight excluding hydrogens is 342 g/mol. The number of benzene rings is 1. The Morgan fingerprint density at radius 2 is 1.96 bits per heavy atom. The molecule has 0 atom stereocenters. The molecule has 0 spiro atoms. The Balaban J connectivity index is 1.75. The van der Waals surface area contributed by atoms with Crippen molar-refractivity contribution in [3.8, 4) is 0 Å². The molecule has 0 unspecified atom stereocenters. The van der Waals surface area contributed by atoms with Crippen LogP contribution in [0.5, 0.6) is 0 Å². The molecule has 27 heavy (non-hydrogen) atoms. The van der Waals surface area contributed by atoms with E-state index in [4.69, 9.17) is 4.42 Å². The van der Waals surface area contributed by atoms with E-state index in [1.807, 2.05) is 51.1 Å². The lowest BCUT2D eigenvalue weighted by Crippen LogP contribution is -2.30. The van der Waals surface area contributed by atoms with Gasteiger partial charge in [-0.1, -0.05) is 12.1 Å². The summed E-state index contributed by atoms with van der Waals surface area (Å²) in [5.41, 5.74) is 3.63. The van der Waals surface area contributed by atoms with Crippen LogP contribution in [0.3, 0.4) is 0 Å². The van der Waals surface area contributed by atoms with Crippen LogP contribution in [0.25, 0.3) is 5.78 Å². The van der Waals surface area contributed by atoms with Gasteiger partial charge in [0.05, 0.1) is 12.8 Å². The van der Waals surface area contributed by atoms with Gasteiger partial charge < -0.3 is 4.42 Å². The highest BCUT2D eigenvalue weighted by Crippen LogP contribution is 2.21. The van der Waals surface area contributed by atoms with Gasteiger partial charge >= 0.3 is 0 Å². The molecule has 1 aromatic carbocycles. The quantitative estimate of drug-likeness (QED) is 0.556. The number of carbonyl (C=O) groups is 1. The van der Waals surface area contributed by atoms with E-state index in [0.717, 1.165) is 22.6 Å². The van der Waals surface area contributed by atoms with Gasteiger partial charge in [-0.15, -0.1) is 5.10 Å². The molecule has 0 aliphatic heterocycles. The van der Waals surface area contributed by atoms with Crippen LogP contribution in [-0.2, 0) is 6.54 Å². The third-order valence-corrected chi connectivity index (χ3v) is 4.25. The normalized spacial score (nSPS) is 11.1. The van der Waals surface area contributed by atoms with Gasteiger partial charge in [-0.3, -0.25) is 9.69 Å². The molecule has 0 radical (unpaired) electrons. The first-order valence-electron chi connectivity index (χ1n) is 8.63. The van der Waals surface area contributed by atoms with Crippen molar-refractivity contribution < 1.29 is 9.21 Å². The predicted molar refractivity (Wildman–Crippen MR) is 101 cm³/mol. The summed E-state index contributed by atoms with van der Waals surface area (Å²) in [6.45, 7) is 6.07. The van der Waals surface area contributed by atoms with Crippen molar-refractivity contribution in [2.75, 3.05) is 4.90 Å². The van der Waals surface area contributed by atoms with Crippen LogP contribution < -0.4 is 4.90 Å². The number of anilines is 1. The number of nitrogens with zero attached hydrogens (tertiary/aromatic N) is 5. The first-order chi connectivity index (χ1) is 13.0. The molecule has 4 aromatic rings. The van der Waals surface area contributed by atoms with E-state index < -0.39 is 0 Å². The number of fused-ring (bicyclic) bond motifs is 1. The van der Waals surface area contributed by atoms with Gasteiger partial charge in [-0.05, 0) is 56.7 Å². The maximum absolute atomic E-state index is 13.0. The fourth-order valence-electron chi connectivity index (χ4n) is 3.03. The number of hydrogen-bond donors (Lipinski definition) is 0. The SMILES string of the molecule is Cc1cccc(N(Cc2nc3nc(C)cc(C)n3n2)C(=O)c2ccco2)c1. The molecule has 4 rings (SSSR count). The minimum Gasteiger partial charge on any atom is -0.459 e. The standard InChI is InChI=1S/C20H19N5O2/c1-13-6-4-7-16(10-13)24(19(26)17-8-5-9-27-17)12-18-22-20-21-14(2)11-15(3)25(20)23-18/h4-11H,12H2,1-3H3. The zero-order chi connectivity index (χ0) is 19.0. The first-order valence-corrected chi connectivity index (χ1v) is 8.63. The second-order valence-electron chi connectivity index (χ2n) is 6.49. The van der Waals surface area contributed by atoms with Crippen LogP contribution in [-0.4, -0.2) is 25.5 Å². The lowest BCUT2D eigenvalue weighted by Gasteiger charge is -2.20. The van der Waals surface area contributed by atoms with Gasteiger partial charge in [0.2, 0.25) is 0 Å². The lowest BCUT2D eigenvalue weighted by molar-refractivity contribution is 0.0957. The van der Waals surface area contributed by atoms with Gasteiger partial charge in [0, 0.05) is 17.1 Å². The monoisotopic (exact) mass is 361 g/mol. The Labute approximate surface area is 156 Å². The van der Waals surface area contributed by atoms with Crippen LogP contribution in [0.15, 0.2) is 53.1 Å². The molecule has 3 aromatic heterocycles. The molecule has 0 aliphatic rings. The van der Waals surface area contributed by atoms with Crippen molar-refractivity contribution in [1.82, 2.24) is 19.6 Å². The minimum atomic E-state index is -0.245. The van der Waals surface area contributed by atoms with Gasteiger partial charge in [-0.25, -0.2) is 9.50 Å². The Hall–Kier alpha value is -3.48. The zero-order valence-electron chi connectivity index (χ0n) is 15.4. The van der Waals surface area contributed by atoms with Gasteiger partial charge in [0.15, 0.2) is 11.6 Å². The predicted octanol–water partition coefficient (Wildman–Crippen LogP) is 3.49. The summed E-state index contributed by atoms with van der Waals surface area (Å²) in [4.78, 5) is 23.5. The average Bonchev–Trinajstić information content (AvgIpc) is 3.29. The third-order valence-electron chi connectivity index (χ3n) is 4.25. The van der Waals surface area contributed by atoms with E-state index in [0.29, 0.717) is 11.6 Å². The topological polar surface area (TPSA) is 76.5 Å². The van der Waals surface area contributed by atoms with E-state index in [1.54, 1.807) is 21.5 Å². The summed E-state index contributed by atoms with van der Waals surface area (Å²) < 4.78 is 7.00. The third kappa shape index (κ3) is 3.31. The van der Waals surface area contributed by atoms with E-state index >= 15 is 0 Å². The van der Waals surface area contributed by atoms with Crippen molar-refractivity contribution in [3.05, 3.63) is 77.3 Å². The molecule has 0 N–H and O–H groups in total. The average molecular weight is 361 g/mol. The van der Waals surface area contributed by atoms with E-state index in [1.165, 1.54) is 6.26 Å². The van der Waals surface area contributed by atoms with E-state index in [2.05, 4.69) is 15.1 Å². The Morgan fingerprint density at radius 1 is 1.11 bits per heavy atom. The van der Waals surface area contributed by atoms with Crippen LogP contribution in [0, 0.1) is 20.8 Å². The van der Waals surface area contributed by atoms with Crippen LogP contribution in [0.4, 0.5) is 5.69 Å². The van der Waals surface area contributed by atoms with Crippen LogP contribution >= 0.6 is 0 Å². The molecule has 0 saturated heterocycles. The van der Waals surface area contributed by atoms with Crippen molar-refractivity contribution in [2.45, 2.75) is 27.3 Å². The molecule has 7 heteroatoms. The summed E-state index contributed by atoms with van der Waals surface area (Å²) in [5, 5.41) is 4.52. The number of hydrogen-bond acceptors (Lipinski definition) is 5. The Kier molecular flexibility index (Phi) is 4.19. The van der Waals surface area contributed by atoms with Gasteiger partial charge in [0.1, 0.15) is 0 Å². The smallest absolute Gasteiger partial charge is 0.294 e. The lowest BCUT2D eigenvalue weighted by atomic mass is 10.2. The van der Waals surface area contributed by atoms with Gasteiger partial charge in [0.25, 0.3) is 11.7 Å². The summed E-state index contributed by atoms with van der Waals surface area (Å²) in [5.74, 6) is 1.06. The molecule has 0 aliphatic carbocycles. The number of amides is 1. The number of rotatable bonds is 4. The molecule has 0 saturated carbocycles. The molecule has 136 valence electrons. The summed E-state index contributed by atoms with van der Waals surface area (Å²) in [6.07, 6.45) is 1.49. The van der Waals surface area contributed by atoms with E-state index in [9.17, 15) is 4.79 Å². The molecule has 1 amide bonds. The number of carbonyl (C=O) groups excluding carboxylic acids is 1. The zero-order valence-corrected chi connectivity index (χ0v) is 15.4. The summed E-state index contributed by atoms with van der Waals surface area (Å²) in [6, 6.07) is 13.0. The highest BCUT2D eigenvalue weighted by atomic mass is 16.3. The van der Waals surface area contributed by atoms with Crippen LogP contribution in [0.2, 0.25) is 0 Å². The summed E-state index contributed by atoms with van der Waals surface area (Å²) >= 11 is 0. The van der Waals surface area contributed by atoms with Crippen LogP contribution in [0.1, 0.15) is 33.3 Å². The van der Waals surface area contributed by atoms with Crippen molar-refractivity contribution in [2.24, 2.45) is 0 Å². The highest BCUT2D eigenvalue weighted by molar-refractivity contribution is 6.04. The molecule has 0 bridgehead atoms. The van der Waals surface area contributed by atoms with Crippen molar-refractivity contribution >= 4 is 17.4 Å². The number of aryl methyl sites for hydroxylation is 3. The fraction of sp³-hybridized carbons (Fsp3) is 0.200. The number of aromatic nitrogens is 4. The molecule has 7 nitrogen and oxygen atoms in total.